The molecule has 6 nitrogen and oxygen atoms in total. The zero-order chi connectivity index (χ0) is 20.1. The molecule has 0 saturated heterocycles. The largest absolute Gasteiger partial charge is 0.484 e. The Hall–Kier alpha value is -3.26. The molecule has 1 heterocycles. The van der Waals surface area contributed by atoms with E-state index in [1.165, 1.54) is 41.7 Å². The number of ether oxygens (including phenoxy) is 1. The lowest BCUT2D eigenvalue weighted by Gasteiger charge is -2.18. The van der Waals surface area contributed by atoms with Crippen molar-refractivity contribution >= 4 is 22.9 Å². The van der Waals surface area contributed by atoms with Crippen LogP contribution < -0.4 is 10.1 Å². The molecule has 0 fully saturated rings. The van der Waals surface area contributed by atoms with E-state index in [2.05, 4.69) is 5.32 Å². The Labute approximate surface area is 164 Å². The highest BCUT2D eigenvalue weighted by Crippen LogP contribution is 2.26. The Morgan fingerprint density at radius 2 is 2.00 bits per heavy atom. The molecule has 3 aromatic rings. The molecule has 1 N–H and O–H groups in total. The van der Waals surface area contributed by atoms with Crippen molar-refractivity contribution in [3.8, 4) is 5.75 Å². The minimum absolute atomic E-state index is 0.00845. The first-order chi connectivity index (χ1) is 13.4. The summed E-state index contributed by atoms with van der Waals surface area (Å²) in [6.45, 7) is 1.35. The average Bonchev–Trinajstić information content (AvgIpc) is 3.19. The summed E-state index contributed by atoms with van der Waals surface area (Å²) in [5, 5.41) is 15.6. The molecule has 0 aliphatic rings. The Bertz CT molecular complexity index is 974. The fraction of sp³-hybridized carbons (Fsp3) is 0.150. The highest BCUT2D eigenvalue weighted by Gasteiger charge is 2.19. The summed E-state index contributed by atoms with van der Waals surface area (Å²) in [6.07, 6.45) is 0. The van der Waals surface area contributed by atoms with Crippen LogP contribution in [0.15, 0.2) is 60.0 Å². The minimum Gasteiger partial charge on any atom is -0.484 e. The van der Waals surface area contributed by atoms with Gasteiger partial charge in [0.2, 0.25) is 0 Å². The lowest BCUT2D eigenvalue weighted by atomic mass is 10.1. The third-order valence-electron chi connectivity index (χ3n) is 4.07. The fourth-order valence-corrected chi connectivity index (χ4v) is 3.51. The van der Waals surface area contributed by atoms with E-state index in [0.29, 0.717) is 11.3 Å². The van der Waals surface area contributed by atoms with Crippen molar-refractivity contribution in [3.63, 3.8) is 0 Å². The molecule has 0 aliphatic heterocycles. The van der Waals surface area contributed by atoms with Gasteiger partial charge < -0.3 is 10.1 Å². The summed E-state index contributed by atoms with van der Waals surface area (Å²) in [6, 6.07) is 13.6. The standard InChI is InChI=1S/C20H17FN2O4S/c1-13-11-16(8-9-17(13)23(25)26)27-12-19(24)22-20(18-3-2-10-28-18)14-4-6-15(21)7-5-14/h2-11,20H,12H2,1H3,(H,22,24). The molecule has 2 aromatic carbocycles. The minimum atomic E-state index is -0.472. The number of hydrogen-bond donors (Lipinski definition) is 1. The van der Waals surface area contributed by atoms with Crippen molar-refractivity contribution in [1.82, 2.24) is 5.32 Å². The number of amides is 1. The number of nitrogens with zero attached hydrogens (tertiary/aromatic N) is 1. The van der Waals surface area contributed by atoms with Crippen LogP contribution in [0.2, 0.25) is 0 Å². The Morgan fingerprint density at radius 1 is 1.25 bits per heavy atom. The van der Waals surface area contributed by atoms with Crippen LogP contribution in [0.4, 0.5) is 10.1 Å². The van der Waals surface area contributed by atoms with Crippen LogP contribution in [0.1, 0.15) is 22.0 Å². The summed E-state index contributed by atoms with van der Waals surface area (Å²) in [5.41, 5.74) is 1.19. The molecule has 0 bridgehead atoms. The second-order valence-corrected chi connectivity index (χ2v) is 7.04. The fourth-order valence-electron chi connectivity index (χ4n) is 2.70. The number of thiophene rings is 1. The van der Waals surface area contributed by atoms with Crippen molar-refractivity contribution in [2.24, 2.45) is 0 Å². The predicted octanol–water partition coefficient (Wildman–Crippen LogP) is 4.39. The van der Waals surface area contributed by atoms with Gasteiger partial charge in [0.15, 0.2) is 6.61 Å². The van der Waals surface area contributed by atoms with Gasteiger partial charge in [0.05, 0.1) is 11.0 Å². The molecule has 1 unspecified atom stereocenters. The van der Waals surface area contributed by atoms with Crippen LogP contribution in [-0.2, 0) is 4.79 Å². The summed E-state index contributed by atoms with van der Waals surface area (Å²) in [7, 11) is 0. The normalized spacial score (nSPS) is 11.6. The van der Waals surface area contributed by atoms with Gasteiger partial charge in [-0.1, -0.05) is 18.2 Å². The lowest BCUT2D eigenvalue weighted by Crippen LogP contribution is -2.32. The van der Waals surface area contributed by atoms with Gasteiger partial charge >= 0.3 is 0 Å². The smallest absolute Gasteiger partial charge is 0.272 e. The zero-order valence-electron chi connectivity index (χ0n) is 14.9. The van der Waals surface area contributed by atoms with Crippen molar-refractivity contribution < 1.29 is 18.8 Å². The highest BCUT2D eigenvalue weighted by atomic mass is 32.1. The molecule has 1 aromatic heterocycles. The van der Waals surface area contributed by atoms with Crippen molar-refractivity contribution in [2.45, 2.75) is 13.0 Å². The highest BCUT2D eigenvalue weighted by molar-refractivity contribution is 7.10. The van der Waals surface area contributed by atoms with E-state index in [-0.39, 0.29) is 24.0 Å². The molecule has 3 rings (SSSR count). The molecule has 0 spiro atoms. The number of carbonyl (C=O) groups excluding carboxylic acids is 1. The van der Waals surface area contributed by atoms with Gasteiger partial charge in [-0.3, -0.25) is 14.9 Å². The number of rotatable bonds is 7. The van der Waals surface area contributed by atoms with E-state index in [1.54, 1.807) is 19.1 Å². The molecular weight excluding hydrogens is 383 g/mol. The van der Waals surface area contributed by atoms with Crippen LogP contribution in [0.3, 0.4) is 0 Å². The van der Waals surface area contributed by atoms with Gasteiger partial charge in [-0.15, -0.1) is 11.3 Å². The van der Waals surface area contributed by atoms with Crippen LogP contribution in [0, 0.1) is 22.9 Å². The third kappa shape index (κ3) is 4.72. The van der Waals surface area contributed by atoms with E-state index >= 15 is 0 Å². The summed E-state index contributed by atoms with van der Waals surface area (Å²) in [5.74, 6) is -0.344. The molecule has 0 radical (unpaired) electrons. The molecule has 0 saturated carbocycles. The van der Waals surface area contributed by atoms with E-state index < -0.39 is 11.0 Å². The van der Waals surface area contributed by atoms with E-state index in [9.17, 15) is 19.3 Å². The quantitative estimate of drug-likeness (QED) is 0.471. The van der Waals surface area contributed by atoms with Crippen LogP contribution in [-0.4, -0.2) is 17.4 Å². The van der Waals surface area contributed by atoms with E-state index in [4.69, 9.17) is 4.74 Å². The third-order valence-corrected chi connectivity index (χ3v) is 5.01. The molecule has 0 aliphatic carbocycles. The van der Waals surface area contributed by atoms with Gasteiger partial charge in [-0.25, -0.2) is 4.39 Å². The summed E-state index contributed by atoms with van der Waals surface area (Å²) in [4.78, 5) is 23.7. The van der Waals surface area contributed by atoms with E-state index in [1.807, 2.05) is 17.5 Å². The Balaban J connectivity index is 1.68. The second-order valence-electron chi connectivity index (χ2n) is 6.06. The van der Waals surface area contributed by atoms with Crippen molar-refractivity contribution in [3.05, 3.63) is 91.9 Å². The number of benzene rings is 2. The predicted molar refractivity (Wildman–Crippen MR) is 104 cm³/mol. The molecule has 1 atom stereocenters. The van der Waals surface area contributed by atoms with Gasteiger partial charge in [0.25, 0.3) is 11.6 Å². The Kier molecular flexibility index (Phi) is 6.00. The number of halogens is 1. The van der Waals surface area contributed by atoms with Gasteiger partial charge in [-0.05, 0) is 48.2 Å². The first-order valence-electron chi connectivity index (χ1n) is 8.40. The number of aryl methyl sites for hydroxylation is 1. The van der Waals surface area contributed by atoms with Crippen molar-refractivity contribution in [1.29, 1.82) is 0 Å². The SMILES string of the molecule is Cc1cc(OCC(=O)NC(c2ccc(F)cc2)c2cccs2)ccc1[N+](=O)[O-]. The Morgan fingerprint density at radius 3 is 2.61 bits per heavy atom. The van der Waals surface area contributed by atoms with Gasteiger partial charge in [0.1, 0.15) is 11.6 Å². The number of nitro groups is 1. The summed E-state index contributed by atoms with van der Waals surface area (Å²) < 4.78 is 18.7. The summed E-state index contributed by atoms with van der Waals surface area (Å²) >= 11 is 1.48. The topological polar surface area (TPSA) is 81.5 Å². The number of carbonyl (C=O) groups is 1. The number of nitro benzene ring substituents is 1. The first-order valence-corrected chi connectivity index (χ1v) is 9.28. The van der Waals surface area contributed by atoms with E-state index in [0.717, 1.165) is 10.4 Å². The number of hydrogen-bond acceptors (Lipinski definition) is 5. The first kappa shape index (κ1) is 19.5. The molecule has 8 heteroatoms. The average molecular weight is 400 g/mol. The van der Waals surface area contributed by atoms with Crippen LogP contribution in [0.5, 0.6) is 5.75 Å². The maximum Gasteiger partial charge on any atom is 0.272 e. The zero-order valence-corrected chi connectivity index (χ0v) is 15.7. The monoisotopic (exact) mass is 400 g/mol. The molecule has 1 amide bonds. The molecule has 144 valence electrons. The van der Waals surface area contributed by atoms with Gasteiger partial charge in [0, 0.05) is 16.5 Å². The van der Waals surface area contributed by atoms with Gasteiger partial charge in [-0.2, -0.15) is 0 Å². The molecule has 28 heavy (non-hydrogen) atoms. The van der Waals surface area contributed by atoms with Crippen LogP contribution >= 0.6 is 11.3 Å². The maximum absolute atomic E-state index is 13.2. The second kappa shape index (κ2) is 8.62. The molecular formula is C20H17FN2O4S. The number of nitrogens with one attached hydrogen (secondary N) is 1. The van der Waals surface area contributed by atoms with Crippen LogP contribution in [0.25, 0.3) is 0 Å². The lowest BCUT2D eigenvalue weighted by molar-refractivity contribution is -0.385. The maximum atomic E-state index is 13.2. The van der Waals surface area contributed by atoms with Crippen molar-refractivity contribution in [2.75, 3.05) is 6.61 Å².